The minimum Gasteiger partial charge on any atom is -0.293 e. The Hall–Kier alpha value is -1.48. The molecule has 2 aromatic heterocycles. The number of aromatic nitrogens is 1. The number of aryl methyl sites for hydroxylation is 2. The van der Waals surface area contributed by atoms with Gasteiger partial charge in [-0.1, -0.05) is 6.92 Å². The summed E-state index contributed by atoms with van der Waals surface area (Å²) in [5.41, 5.74) is 2.44. The number of carbonyl (C=O) groups excluding carboxylic acids is 1. The van der Waals surface area contributed by atoms with Gasteiger partial charge in [-0.3, -0.25) is 9.78 Å². The van der Waals surface area contributed by atoms with Gasteiger partial charge in [0.15, 0.2) is 5.78 Å². The fourth-order valence-corrected chi connectivity index (χ4v) is 3.75. The van der Waals surface area contributed by atoms with E-state index in [1.165, 1.54) is 16.9 Å². The molecule has 0 fully saturated rings. The summed E-state index contributed by atoms with van der Waals surface area (Å²) in [6, 6.07) is 5.95. The second-order valence-corrected chi connectivity index (χ2v) is 5.92. The average molecular weight is 257 g/mol. The number of rotatable bonds is 3. The third kappa shape index (κ3) is 1.99. The highest BCUT2D eigenvalue weighted by atomic mass is 32.1. The first-order valence-corrected chi connectivity index (χ1v) is 7.13. The van der Waals surface area contributed by atoms with Crippen LogP contribution in [-0.2, 0) is 12.8 Å². The van der Waals surface area contributed by atoms with Crippen LogP contribution in [0.5, 0.6) is 0 Å². The number of thiophene rings is 1. The van der Waals surface area contributed by atoms with Gasteiger partial charge in [0.05, 0.1) is 4.88 Å². The number of carbonyl (C=O) groups is 1. The number of fused-ring (bicyclic) bond motifs is 1. The molecule has 1 atom stereocenters. The van der Waals surface area contributed by atoms with E-state index in [1.807, 2.05) is 19.1 Å². The lowest BCUT2D eigenvalue weighted by molar-refractivity contribution is 0.0970. The van der Waals surface area contributed by atoms with E-state index >= 15 is 0 Å². The van der Waals surface area contributed by atoms with Gasteiger partial charge in [0.2, 0.25) is 0 Å². The van der Waals surface area contributed by atoms with Crippen LogP contribution in [0.25, 0.3) is 0 Å². The number of pyridine rings is 1. The molecule has 0 amide bonds. The highest BCUT2D eigenvalue weighted by Crippen LogP contribution is 2.33. The molecule has 2 aromatic rings. The maximum Gasteiger partial charge on any atom is 0.179 e. The Morgan fingerprint density at radius 2 is 2.11 bits per heavy atom. The van der Waals surface area contributed by atoms with E-state index in [2.05, 4.69) is 11.1 Å². The molecule has 18 heavy (non-hydrogen) atoms. The summed E-state index contributed by atoms with van der Waals surface area (Å²) >= 11 is 1.69. The van der Waals surface area contributed by atoms with Crippen molar-refractivity contribution in [1.82, 2.24) is 4.98 Å². The monoisotopic (exact) mass is 257 g/mol. The summed E-state index contributed by atoms with van der Waals surface area (Å²) < 4.78 is 0. The molecule has 0 aromatic carbocycles. The van der Waals surface area contributed by atoms with Crippen molar-refractivity contribution in [3.63, 3.8) is 0 Å². The van der Waals surface area contributed by atoms with Crippen LogP contribution in [-0.4, -0.2) is 10.8 Å². The third-order valence-corrected chi connectivity index (χ3v) is 4.84. The molecule has 0 bridgehead atoms. The number of ketones is 1. The maximum atomic E-state index is 12.4. The molecule has 2 heterocycles. The first-order valence-electron chi connectivity index (χ1n) is 6.31. The predicted molar refractivity (Wildman–Crippen MR) is 73.3 cm³/mol. The van der Waals surface area contributed by atoms with E-state index in [0.29, 0.717) is 0 Å². The molecular weight excluding hydrogens is 242 g/mol. The largest absolute Gasteiger partial charge is 0.293 e. The molecule has 3 rings (SSSR count). The van der Waals surface area contributed by atoms with E-state index in [4.69, 9.17) is 0 Å². The van der Waals surface area contributed by atoms with E-state index in [1.54, 1.807) is 23.7 Å². The van der Waals surface area contributed by atoms with Crippen molar-refractivity contribution in [3.8, 4) is 0 Å². The summed E-state index contributed by atoms with van der Waals surface area (Å²) in [5.74, 6) is 0.160. The Labute approximate surface area is 111 Å². The molecule has 0 N–H and O–H groups in total. The fraction of sp³-hybridized carbons (Fsp3) is 0.333. The first-order chi connectivity index (χ1) is 8.75. The van der Waals surface area contributed by atoms with Crippen LogP contribution in [0.15, 0.2) is 30.6 Å². The average Bonchev–Trinajstić information content (AvgIpc) is 2.99. The molecule has 0 saturated carbocycles. The van der Waals surface area contributed by atoms with Gasteiger partial charge in [0.1, 0.15) is 0 Å². The SMILES string of the molecule is CC(C(=O)c1cc2c(s1)CCC2)c1ccncc1. The van der Waals surface area contributed by atoms with Crippen molar-refractivity contribution in [2.24, 2.45) is 0 Å². The molecule has 0 aliphatic heterocycles. The fourth-order valence-electron chi connectivity index (χ4n) is 2.47. The zero-order valence-electron chi connectivity index (χ0n) is 10.3. The Bertz CT molecular complexity index is 552. The standard InChI is InChI=1S/C15H15NOS/c1-10(11-5-7-16-8-6-11)15(17)14-9-12-3-2-4-13(12)18-14/h5-10H,2-4H2,1H3. The van der Waals surface area contributed by atoms with E-state index < -0.39 is 0 Å². The summed E-state index contributed by atoms with van der Waals surface area (Å²) in [6.45, 7) is 1.97. The quantitative estimate of drug-likeness (QED) is 0.786. The Morgan fingerprint density at radius 1 is 1.33 bits per heavy atom. The van der Waals surface area contributed by atoms with Gasteiger partial charge >= 0.3 is 0 Å². The van der Waals surface area contributed by atoms with Crippen molar-refractivity contribution in [2.75, 3.05) is 0 Å². The van der Waals surface area contributed by atoms with Crippen LogP contribution in [0.2, 0.25) is 0 Å². The zero-order valence-corrected chi connectivity index (χ0v) is 11.2. The van der Waals surface area contributed by atoms with Crippen molar-refractivity contribution < 1.29 is 4.79 Å². The summed E-state index contributed by atoms with van der Waals surface area (Å²) in [5, 5.41) is 0. The number of hydrogen-bond acceptors (Lipinski definition) is 3. The van der Waals surface area contributed by atoms with Crippen molar-refractivity contribution in [2.45, 2.75) is 32.1 Å². The Kier molecular flexibility index (Phi) is 3.00. The Morgan fingerprint density at radius 3 is 2.83 bits per heavy atom. The van der Waals surface area contributed by atoms with Crippen molar-refractivity contribution >= 4 is 17.1 Å². The topological polar surface area (TPSA) is 30.0 Å². The summed E-state index contributed by atoms with van der Waals surface area (Å²) in [6.07, 6.45) is 7.02. The van der Waals surface area contributed by atoms with Gasteiger partial charge in [-0.15, -0.1) is 11.3 Å². The number of hydrogen-bond donors (Lipinski definition) is 0. The lowest BCUT2D eigenvalue weighted by atomic mass is 9.96. The smallest absolute Gasteiger partial charge is 0.179 e. The van der Waals surface area contributed by atoms with E-state index in [9.17, 15) is 4.79 Å². The molecule has 3 heteroatoms. The van der Waals surface area contributed by atoms with Crippen LogP contribution in [0.4, 0.5) is 0 Å². The highest BCUT2D eigenvalue weighted by Gasteiger charge is 2.22. The summed E-state index contributed by atoms with van der Waals surface area (Å²) in [4.78, 5) is 18.8. The zero-order chi connectivity index (χ0) is 12.5. The predicted octanol–water partition coefficient (Wildman–Crippen LogP) is 3.62. The molecule has 1 unspecified atom stereocenters. The minimum atomic E-state index is -0.0771. The molecule has 0 saturated heterocycles. The molecule has 92 valence electrons. The molecular formula is C15H15NOS. The molecule has 0 spiro atoms. The normalized spacial score (nSPS) is 15.4. The minimum absolute atomic E-state index is 0.0771. The molecule has 1 aliphatic rings. The van der Waals surface area contributed by atoms with Gasteiger partial charge in [-0.25, -0.2) is 0 Å². The van der Waals surface area contributed by atoms with E-state index in [-0.39, 0.29) is 11.7 Å². The number of nitrogens with zero attached hydrogens (tertiary/aromatic N) is 1. The maximum absolute atomic E-state index is 12.4. The van der Waals surface area contributed by atoms with Crippen LogP contribution in [0.1, 0.15) is 44.9 Å². The van der Waals surface area contributed by atoms with Gasteiger partial charge in [-0.2, -0.15) is 0 Å². The summed E-state index contributed by atoms with van der Waals surface area (Å²) in [7, 11) is 0. The second-order valence-electron chi connectivity index (χ2n) is 4.78. The first kappa shape index (κ1) is 11.6. The van der Waals surface area contributed by atoms with Gasteiger partial charge in [0.25, 0.3) is 0 Å². The van der Waals surface area contributed by atoms with Gasteiger partial charge < -0.3 is 0 Å². The van der Waals surface area contributed by atoms with Crippen molar-refractivity contribution in [1.29, 1.82) is 0 Å². The van der Waals surface area contributed by atoms with Crippen LogP contribution in [0, 0.1) is 0 Å². The van der Waals surface area contributed by atoms with E-state index in [0.717, 1.165) is 23.3 Å². The van der Waals surface area contributed by atoms with Crippen LogP contribution < -0.4 is 0 Å². The third-order valence-electron chi connectivity index (χ3n) is 3.59. The highest BCUT2D eigenvalue weighted by molar-refractivity contribution is 7.14. The molecule has 0 radical (unpaired) electrons. The van der Waals surface area contributed by atoms with Crippen LogP contribution >= 0.6 is 11.3 Å². The lowest BCUT2D eigenvalue weighted by Crippen LogP contribution is -2.08. The molecule has 1 aliphatic carbocycles. The second kappa shape index (κ2) is 4.65. The van der Waals surface area contributed by atoms with Crippen molar-refractivity contribution in [3.05, 3.63) is 51.5 Å². The van der Waals surface area contributed by atoms with Crippen LogP contribution in [0.3, 0.4) is 0 Å². The number of Topliss-reactive ketones (excluding diaryl/α,β-unsaturated/α-hetero) is 1. The van der Waals surface area contributed by atoms with Gasteiger partial charge in [-0.05, 0) is 48.6 Å². The lowest BCUT2D eigenvalue weighted by Gasteiger charge is -2.08. The van der Waals surface area contributed by atoms with Gasteiger partial charge in [0, 0.05) is 23.2 Å². The molecule has 2 nitrogen and oxygen atoms in total. The Balaban J connectivity index is 1.86.